The quantitative estimate of drug-likeness (QED) is 0.410. The summed E-state index contributed by atoms with van der Waals surface area (Å²) in [5, 5.41) is 13.4. The molecule has 6 nitrogen and oxygen atoms in total. The van der Waals surface area contributed by atoms with Gasteiger partial charge in [-0.3, -0.25) is 0 Å². The van der Waals surface area contributed by atoms with E-state index in [0.29, 0.717) is 6.54 Å². The molecule has 33 heavy (non-hydrogen) atoms. The maximum absolute atomic E-state index is 12.8. The predicted molar refractivity (Wildman–Crippen MR) is 131 cm³/mol. The first kappa shape index (κ1) is 26.9. The molecule has 2 atom stereocenters. The maximum Gasteiger partial charge on any atom is 0.407 e. The lowest BCUT2D eigenvalue weighted by atomic mass is 9.62. The van der Waals surface area contributed by atoms with Crippen molar-refractivity contribution in [1.82, 2.24) is 5.32 Å². The second-order valence-corrected chi connectivity index (χ2v) is 12.9. The van der Waals surface area contributed by atoms with Crippen LogP contribution in [0.1, 0.15) is 98.3 Å². The molecule has 0 aromatic heterocycles. The highest BCUT2D eigenvalue weighted by atomic mass is 16.5. The molecule has 0 heterocycles. The molecular weight excluding hydrogens is 416 g/mol. The molecule has 1 aliphatic carbocycles. The number of aliphatic imine (C=N–C) groups is 1. The van der Waals surface area contributed by atoms with E-state index in [9.17, 15) is 14.7 Å². The van der Waals surface area contributed by atoms with Gasteiger partial charge in [0.05, 0.1) is 6.54 Å². The van der Waals surface area contributed by atoms with E-state index >= 15 is 0 Å². The first-order valence-electron chi connectivity index (χ1n) is 11.8. The fourth-order valence-electron chi connectivity index (χ4n) is 5.58. The van der Waals surface area contributed by atoms with Crippen molar-refractivity contribution in [3.05, 3.63) is 28.8 Å². The van der Waals surface area contributed by atoms with Crippen molar-refractivity contribution in [2.24, 2.45) is 15.8 Å². The maximum atomic E-state index is 12.8. The fraction of sp³-hybridized carbons (Fsp3) is 0.704. The Balaban J connectivity index is 2.22. The first-order chi connectivity index (χ1) is 15.0. The van der Waals surface area contributed by atoms with Crippen LogP contribution in [-0.2, 0) is 27.0 Å². The van der Waals surface area contributed by atoms with Gasteiger partial charge in [0.1, 0.15) is 12.4 Å². The monoisotopic (exact) mass is 458 g/mol. The van der Waals surface area contributed by atoms with Crippen LogP contribution >= 0.6 is 0 Å². The van der Waals surface area contributed by atoms with Gasteiger partial charge in [0.2, 0.25) is 6.08 Å². The van der Waals surface area contributed by atoms with Gasteiger partial charge >= 0.3 is 6.09 Å². The van der Waals surface area contributed by atoms with Crippen molar-refractivity contribution < 1.29 is 19.4 Å². The van der Waals surface area contributed by atoms with Gasteiger partial charge in [0, 0.05) is 6.04 Å². The molecule has 0 saturated heterocycles. The number of nitrogens with zero attached hydrogens (tertiary/aromatic N) is 1. The molecule has 184 valence electrons. The predicted octanol–water partition coefficient (Wildman–Crippen LogP) is 6.13. The summed E-state index contributed by atoms with van der Waals surface area (Å²) in [7, 11) is 0. The molecule has 2 N–H and O–H groups in total. The molecule has 2 rings (SSSR count). The van der Waals surface area contributed by atoms with E-state index in [4.69, 9.17) is 4.74 Å². The highest BCUT2D eigenvalue weighted by Crippen LogP contribution is 2.46. The molecule has 0 aliphatic heterocycles. The highest BCUT2D eigenvalue weighted by molar-refractivity contribution is 5.68. The Hall–Kier alpha value is -2.33. The third-order valence-electron chi connectivity index (χ3n) is 6.49. The van der Waals surface area contributed by atoms with Gasteiger partial charge < -0.3 is 15.2 Å². The van der Waals surface area contributed by atoms with Crippen LogP contribution < -0.4 is 5.32 Å². The number of rotatable bonds is 5. The van der Waals surface area contributed by atoms with Crippen molar-refractivity contribution in [3.8, 4) is 5.75 Å². The summed E-state index contributed by atoms with van der Waals surface area (Å²) >= 11 is 0. The minimum atomic E-state index is -0.452. The minimum absolute atomic E-state index is 0.0130. The van der Waals surface area contributed by atoms with Gasteiger partial charge in [-0.05, 0) is 69.7 Å². The van der Waals surface area contributed by atoms with E-state index in [2.05, 4.69) is 72.6 Å². The molecule has 1 amide bonds. The molecule has 2 unspecified atom stereocenters. The summed E-state index contributed by atoms with van der Waals surface area (Å²) in [4.78, 5) is 27.3. The standard InChI is InChI=1S/C27H42N2O4/c1-24(2,3)21-10-19(31)11-22(25(4,5)6)20(21)14-33-23(32)29-18-12-26(7,8)15-27(9,13-18)16-28-17-30/h10-11,18,31H,12-16H2,1-9H3,(H,29,32). The van der Waals surface area contributed by atoms with E-state index in [1.54, 1.807) is 18.2 Å². The van der Waals surface area contributed by atoms with Crippen LogP contribution in [0.25, 0.3) is 0 Å². The van der Waals surface area contributed by atoms with Crippen LogP contribution in [0.5, 0.6) is 5.75 Å². The number of phenols is 1. The zero-order chi connectivity index (χ0) is 25.2. The van der Waals surface area contributed by atoms with Crippen LogP contribution in [0.15, 0.2) is 17.1 Å². The third kappa shape index (κ3) is 7.33. The lowest BCUT2D eigenvalue weighted by Gasteiger charge is -2.45. The number of nitrogens with one attached hydrogen (secondary N) is 1. The molecule has 1 aromatic rings. The minimum Gasteiger partial charge on any atom is -0.508 e. The van der Waals surface area contributed by atoms with E-state index in [0.717, 1.165) is 36.0 Å². The smallest absolute Gasteiger partial charge is 0.407 e. The first-order valence-corrected chi connectivity index (χ1v) is 11.8. The topological polar surface area (TPSA) is 88.0 Å². The van der Waals surface area contributed by atoms with Crippen molar-refractivity contribution in [2.75, 3.05) is 6.54 Å². The second kappa shape index (κ2) is 9.50. The average molecular weight is 459 g/mol. The van der Waals surface area contributed by atoms with Gasteiger partial charge in [-0.15, -0.1) is 0 Å². The summed E-state index contributed by atoms with van der Waals surface area (Å²) in [6, 6.07) is 3.49. The number of hydrogen-bond acceptors (Lipinski definition) is 5. The molecule has 1 fully saturated rings. The highest BCUT2D eigenvalue weighted by Gasteiger charge is 2.42. The van der Waals surface area contributed by atoms with Gasteiger partial charge in [-0.1, -0.05) is 62.3 Å². The van der Waals surface area contributed by atoms with Gasteiger partial charge in [0.15, 0.2) is 0 Å². The molecule has 1 aromatic carbocycles. The lowest BCUT2D eigenvalue weighted by Crippen LogP contribution is -2.48. The summed E-state index contributed by atoms with van der Waals surface area (Å²) < 4.78 is 5.74. The van der Waals surface area contributed by atoms with Crippen LogP contribution in [0, 0.1) is 10.8 Å². The Morgan fingerprint density at radius 1 is 1.12 bits per heavy atom. The van der Waals surface area contributed by atoms with E-state index in [1.165, 1.54) is 0 Å². The van der Waals surface area contributed by atoms with Crippen LogP contribution in [0.3, 0.4) is 0 Å². The summed E-state index contributed by atoms with van der Waals surface area (Å²) in [5.41, 5.74) is 2.28. The van der Waals surface area contributed by atoms with E-state index in [1.807, 2.05) is 0 Å². The van der Waals surface area contributed by atoms with Gasteiger partial charge in [-0.25, -0.2) is 14.6 Å². The Kier molecular flexibility index (Phi) is 7.75. The van der Waals surface area contributed by atoms with Crippen molar-refractivity contribution in [1.29, 1.82) is 0 Å². The van der Waals surface area contributed by atoms with Crippen LogP contribution in [0.4, 0.5) is 4.79 Å². The third-order valence-corrected chi connectivity index (χ3v) is 6.49. The number of alkyl carbamates (subject to hydrolysis) is 1. The number of aromatic hydroxyl groups is 1. The van der Waals surface area contributed by atoms with Gasteiger partial charge in [0.25, 0.3) is 0 Å². The number of phenolic OH excluding ortho intramolecular Hbond substituents is 1. The molecular formula is C27H42N2O4. The number of hydrogen-bond donors (Lipinski definition) is 2. The largest absolute Gasteiger partial charge is 0.508 e. The fourth-order valence-corrected chi connectivity index (χ4v) is 5.58. The number of isocyanates is 1. The van der Waals surface area contributed by atoms with Crippen LogP contribution in [-0.4, -0.2) is 29.9 Å². The number of amides is 1. The Morgan fingerprint density at radius 3 is 2.15 bits per heavy atom. The number of carbonyl (C=O) groups is 1. The summed E-state index contributed by atoms with van der Waals surface area (Å²) in [5.74, 6) is 0.222. The zero-order valence-electron chi connectivity index (χ0n) is 21.9. The molecule has 1 saturated carbocycles. The Morgan fingerprint density at radius 2 is 1.67 bits per heavy atom. The summed E-state index contributed by atoms with van der Waals surface area (Å²) in [6.45, 7) is 19.5. The number of ether oxygens (including phenoxy) is 1. The average Bonchev–Trinajstić information content (AvgIpc) is 2.61. The van der Waals surface area contributed by atoms with Crippen molar-refractivity contribution >= 4 is 12.2 Å². The number of benzene rings is 1. The van der Waals surface area contributed by atoms with E-state index < -0.39 is 6.09 Å². The van der Waals surface area contributed by atoms with Crippen LogP contribution in [0.2, 0.25) is 0 Å². The molecule has 0 bridgehead atoms. The number of carbonyl (C=O) groups excluding carboxylic acids is 2. The zero-order valence-corrected chi connectivity index (χ0v) is 21.9. The van der Waals surface area contributed by atoms with Gasteiger partial charge in [-0.2, -0.15) is 0 Å². The van der Waals surface area contributed by atoms with E-state index in [-0.39, 0.29) is 40.1 Å². The van der Waals surface area contributed by atoms with Crippen molar-refractivity contribution in [2.45, 2.75) is 105 Å². The molecule has 0 radical (unpaired) electrons. The molecule has 1 aliphatic rings. The lowest BCUT2D eigenvalue weighted by molar-refractivity contribution is 0.0699. The second-order valence-electron chi connectivity index (χ2n) is 12.9. The molecule has 0 spiro atoms. The Labute approximate surface area is 199 Å². The SMILES string of the molecule is CC1(C)CC(NC(=O)OCc2c(C(C)(C)C)cc(O)cc2C(C)(C)C)CC(C)(CN=C=O)C1. The van der Waals surface area contributed by atoms with Crippen molar-refractivity contribution in [3.63, 3.8) is 0 Å². The summed E-state index contributed by atoms with van der Waals surface area (Å²) in [6.07, 6.45) is 3.69. The molecule has 6 heteroatoms. The Bertz CT molecular complexity index is 882. The normalized spacial score (nSPS) is 22.9.